The molecule has 1 aromatic heterocycles. The highest BCUT2D eigenvalue weighted by Gasteiger charge is 2.11. The number of halogens is 1. The van der Waals surface area contributed by atoms with Crippen LogP contribution >= 0.6 is 0 Å². The van der Waals surface area contributed by atoms with Crippen LogP contribution in [0.2, 0.25) is 0 Å². The lowest BCUT2D eigenvalue weighted by atomic mass is 10.2. The Labute approximate surface area is 109 Å². The highest BCUT2D eigenvalue weighted by Crippen LogP contribution is 2.19. The number of carbonyl (C=O) groups excluding carboxylic acids is 1. The van der Waals surface area contributed by atoms with Crippen molar-refractivity contribution < 1.29 is 9.18 Å². The van der Waals surface area contributed by atoms with Gasteiger partial charge in [0.15, 0.2) is 0 Å². The second-order valence-corrected chi connectivity index (χ2v) is 3.96. The molecule has 0 spiro atoms. The van der Waals surface area contributed by atoms with Crippen LogP contribution in [0.5, 0.6) is 0 Å². The molecule has 0 fully saturated rings. The number of aromatic nitrogens is 1. The van der Waals surface area contributed by atoms with Crippen LogP contribution in [0.25, 0.3) is 0 Å². The molecule has 0 radical (unpaired) electrons. The standard InChI is InChI=1S/C13H13FN4O/c1-8-3-2-4-10(14)12(8)17-13(19)9-5-6-11(18-15)16-7-9/h2-7H,15H2,1H3,(H,16,18)(H,17,19). The van der Waals surface area contributed by atoms with Gasteiger partial charge in [-0.2, -0.15) is 0 Å². The predicted molar refractivity (Wildman–Crippen MR) is 71.1 cm³/mol. The monoisotopic (exact) mass is 260 g/mol. The smallest absolute Gasteiger partial charge is 0.257 e. The molecule has 0 aliphatic heterocycles. The van der Waals surface area contributed by atoms with Crippen LogP contribution in [-0.2, 0) is 0 Å². The molecular weight excluding hydrogens is 247 g/mol. The number of nitrogen functional groups attached to an aromatic ring is 1. The molecule has 19 heavy (non-hydrogen) atoms. The second-order valence-electron chi connectivity index (χ2n) is 3.96. The van der Waals surface area contributed by atoms with Crippen LogP contribution < -0.4 is 16.6 Å². The van der Waals surface area contributed by atoms with Gasteiger partial charge >= 0.3 is 0 Å². The molecule has 0 atom stereocenters. The maximum atomic E-state index is 13.6. The Bertz CT molecular complexity index is 578. The van der Waals surface area contributed by atoms with E-state index in [0.717, 1.165) is 0 Å². The zero-order valence-electron chi connectivity index (χ0n) is 10.3. The van der Waals surface area contributed by atoms with Crippen LogP contribution in [-0.4, -0.2) is 10.9 Å². The number of hydrogen-bond donors (Lipinski definition) is 3. The summed E-state index contributed by atoms with van der Waals surface area (Å²) < 4.78 is 13.6. The Hall–Kier alpha value is -2.47. The number of nitrogens with two attached hydrogens (primary N) is 1. The van der Waals surface area contributed by atoms with Crippen LogP contribution in [0.3, 0.4) is 0 Å². The summed E-state index contributed by atoms with van der Waals surface area (Å²) in [6.07, 6.45) is 1.36. The summed E-state index contributed by atoms with van der Waals surface area (Å²) in [7, 11) is 0. The van der Waals surface area contributed by atoms with E-state index in [0.29, 0.717) is 16.9 Å². The van der Waals surface area contributed by atoms with E-state index in [1.54, 1.807) is 31.2 Å². The molecule has 6 heteroatoms. The molecule has 2 aromatic rings. The van der Waals surface area contributed by atoms with Crippen molar-refractivity contribution >= 4 is 17.4 Å². The third-order valence-corrected chi connectivity index (χ3v) is 2.63. The molecule has 1 aromatic carbocycles. The summed E-state index contributed by atoms with van der Waals surface area (Å²) in [5.41, 5.74) is 3.51. The Morgan fingerprint density at radius 2 is 2.11 bits per heavy atom. The van der Waals surface area contributed by atoms with E-state index in [1.807, 2.05) is 0 Å². The number of aryl methyl sites for hydroxylation is 1. The molecule has 0 bridgehead atoms. The maximum Gasteiger partial charge on any atom is 0.257 e. The van der Waals surface area contributed by atoms with Crippen molar-refractivity contribution in [2.75, 3.05) is 10.7 Å². The van der Waals surface area contributed by atoms with Gasteiger partial charge in [0.2, 0.25) is 0 Å². The highest BCUT2D eigenvalue weighted by atomic mass is 19.1. The largest absolute Gasteiger partial charge is 0.319 e. The first kappa shape index (κ1) is 13.0. The topological polar surface area (TPSA) is 80.0 Å². The molecule has 0 aliphatic carbocycles. The Kier molecular flexibility index (Phi) is 3.72. The fourth-order valence-electron chi connectivity index (χ4n) is 1.59. The number of carbonyl (C=O) groups is 1. The lowest BCUT2D eigenvalue weighted by molar-refractivity contribution is 0.102. The summed E-state index contributed by atoms with van der Waals surface area (Å²) in [6.45, 7) is 1.72. The highest BCUT2D eigenvalue weighted by molar-refractivity contribution is 6.04. The molecule has 1 amide bonds. The third kappa shape index (κ3) is 2.86. The summed E-state index contributed by atoms with van der Waals surface area (Å²) in [6, 6.07) is 7.71. The molecule has 1 heterocycles. The zero-order valence-corrected chi connectivity index (χ0v) is 10.3. The number of anilines is 2. The number of para-hydroxylation sites is 1. The average Bonchev–Trinajstić information content (AvgIpc) is 2.43. The van der Waals surface area contributed by atoms with Crippen LogP contribution in [0.1, 0.15) is 15.9 Å². The van der Waals surface area contributed by atoms with Gasteiger partial charge in [0.05, 0.1) is 11.3 Å². The Morgan fingerprint density at radius 1 is 1.32 bits per heavy atom. The van der Waals surface area contributed by atoms with E-state index < -0.39 is 11.7 Å². The number of nitrogens with one attached hydrogen (secondary N) is 2. The van der Waals surface area contributed by atoms with E-state index in [9.17, 15) is 9.18 Å². The first-order chi connectivity index (χ1) is 9.11. The number of rotatable bonds is 3. The minimum Gasteiger partial charge on any atom is -0.319 e. The van der Waals surface area contributed by atoms with Crippen LogP contribution in [0.4, 0.5) is 15.9 Å². The normalized spacial score (nSPS) is 10.1. The minimum atomic E-state index is -0.471. The van der Waals surface area contributed by atoms with E-state index in [2.05, 4.69) is 15.7 Å². The van der Waals surface area contributed by atoms with Crippen molar-refractivity contribution in [2.24, 2.45) is 5.84 Å². The first-order valence-electron chi connectivity index (χ1n) is 5.61. The lowest BCUT2D eigenvalue weighted by Gasteiger charge is -2.09. The quantitative estimate of drug-likeness (QED) is 0.583. The van der Waals surface area contributed by atoms with E-state index >= 15 is 0 Å². The molecule has 5 nitrogen and oxygen atoms in total. The number of pyridine rings is 1. The van der Waals surface area contributed by atoms with Crippen molar-refractivity contribution in [3.8, 4) is 0 Å². The van der Waals surface area contributed by atoms with Crippen molar-refractivity contribution in [1.29, 1.82) is 0 Å². The maximum absolute atomic E-state index is 13.6. The van der Waals surface area contributed by atoms with Gasteiger partial charge in [-0.3, -0.25) is 4.79 Å². The van der Waals surface area contributed by atoms with E-state index in [4.69, 9.17) is 5.84 Å². The molecule has 0 unspecified atom stereocenters. The van der Waals surface area contributed by atoms with E-state index in [1.165, 1.54) is 12.3 Å². The number of benzene rings is 1. The Morgan fingerprint density at radius 3 is 2.68 bits per heavy atom. The zero-order chi connectivity index (χ0) is 13.8. The summed E-state index contributed by atoms with van der Waals surface area (Å²) in [5.74, 6) is 4.72. The average molecular weight is 260 g/mol. The predicted octanol–water partition coefficient (Wildman–Crippen LogP) is 2.07. The van der Waals surface area contributed by atoms with Crippen molar-refractivity contribution in [3.63, 3.8) is 0 Å². The van der Waals surface area contributed by atoms with Gasteiger partial charge in [-0.1, -0.05) is 12.1 Å². The van der Waals surface area contributed by atoms with Crippen LogP contribution in [0.15, 0.2) is 36.5 Å². The molecule has 2 rings (SSSR count). The van der Waals surface area contributed by atoms with Gasteiger partial charge < -0.3 is 10.7 Å². The van der Waals surface area contributed by atoms with Gasteiger partial charge in [-0.15, -0.1) is 0 Å². The molecule has 0 saturated carbocycles. The fourth-order valence-corrected chi connectivity index (χ4v) is 1.59. The van der Waals surface area contributed by atoms with Crippen molar-refractivity contribution in [1.82, 2.24) is 4.98 Å². The van der Waals surface area contributed by atoms with Crippen molar-refractivity contribution in [2.45, 2.75) is 6.92 Å². The van der Waals surface area contributed by atoms with Gasteiger partial charge in [-0.05, 0) is 30.7 Å². The molecule has 0 saturated heterocycles. The van der Waals surface area contributed by atoms with Crippen molar-refractivity contribution in [3.05, 3.63) is 53.5 Å². The summed E-state index contributed by atoms with van der Waals surface area (Å²) >= 11 is 0. The third-order valence-electron chi connectivity index (χ3n) is 2.63. The molecule has 0 aliphatic rings. The van der Waals surface area contributed by atoms with Gasteiger partial charge in [0, 0.05) is 6.20 Å². The fraction of sp³-hybridized carbons (Fsp3) is 0.0769. The van der Waals surface area contributed by atoms with Gasteiger partial charge in [0.25, 0.3) is 5.91 Å². The second kappa shape index (κ2) is 5.45. The Balaban J connectivity index is 2.20. The van der Waals surface area contributed by atoms with E-state index in [-0.39, 0.29) is 5.69 Å². The number of nitrogens with zero attached hydrogens (tertiary/aromatic N) is 1. The SMILES string of the molecule is Cc1cccc(F)c1NC(=O)c1ccc(NN)nc1. The van der Waals surface area contributed by atoms with Gasteiger partial charge in [0.1, 0.15) is 11.6 Å². The summed E-state index contributed by atoms with van der Waals surface area (Å²) in [5, 5.41) is 2.53. The number of amides is 1. The minimum absolute atomic E-state index is 0.175. The molecule has 4 N–H and O–H groups in total. The van der Waals surface area contributed by atoms with Gasteiger partial charge in [-0.25, -0.2) is 15.2 Å². The molecule has 98 valence electrons. The molecular formula is C13H13FN4O. The number of hydrogen-bond acceptors (Lipinski definition) is 4. The first-order valence-corrected chi connectivity index (χ1v) is 5.61. The lowest BCUT2D eigenvalue weighted by Crippen LogP contribution is -2.15. The summed E-state index contributed by atoms with van der Waals surface area (Å²) in [4.78, 5) is 15.9. The van der Waals surface area contributed by atoms with Crippen LogP contribution in [0, 0.1) is 12.7 Å². The number of hydrazine groups is 1.